The summed E-state index contributed by atoms with van der Waals surface area (Å²) in [7, 11) is 0. The molecule has 0 spiro atoms. The highest BCUT2D eigenvalue weighted by atomic mass is 35.5. The number of pyridine rings is 1. The molecule has 0 saturated carbocycles. The van der Waals surface area contributed by atoms with Crippen LogP contribution in [0, 0.1) is 29.6 Å². The largest absolute Gasteiger partial charge is 0.383 e. The lowest BCUT2D eigenvalue weighted by molar-refractivity contribution is 1.22. The summed E-state index contributed by atoms with van der Waals surface area (Å²) in [5, 5.41) is 20.0. The number of fused-ring (bicyclic) bond motifs is 1. The maximum atomic E-state index is 9.54. The molecule has 0 unspecified atom stereocenters. The summed E-state index contributed by atoms with van der Waals surface area (Å²) in [6.07, 6.45) is 1.88. The molecule has 0 amide bonds. The van der Waals surface area contributed by atoms with Crippen molar-refractivity contribution in [3.05, 3.63) is 61.8 Å². The van der Waals surface area contributed by atoms with Gasteiger partial charge in [-0.1, -0.05) is 29.3 Å². The van der Waals surface area contributed by atoms with Gasteiger partial charge in [-0.05, 0) is 54.3 Å². The average molecular weight is 367 g/mol. The summed E-state index contributed by atoms with van der Waals surface area (Å²) in [6, 6.07) is 9.48. The minimum absolute atomic E-state index is 0.130. The van der Waals surface area contributed by atoms with Crippen LogP contribution in [0.5, 0.6) is 0 Å². The highest BCUT2D eigenvalue weighted by Crippen LogP contribution is 2.44. The zero-order chi connectivity index (χ0) is 18.3. The van der Waals surface area contributed by atoms with Crippen LogP contribution in [0.4, 0.5) is 5.82 Å². The van der Waals surface area contributed by atoms with Crippen LogP contribution in [0.25, 0.3) is 17.2 Å². The molecule has 0 bridgehead atoms. The lowest BCUT2D eigenvalue weighted by Crippen LogP contribution is -2.03. The monoisotopic (exact) mass is 366 g/mol. The van der Waals surface area contributed by atoms with E-state index in [1.165, 1.54) is 0 Å². The number of nitrogens with two attached hydrogens (primary N) is 1. The van der Waals surface area contributed by atoms with Crippen molar-refractivity contribution in [1.82, 2.24) is 4.98 Å². The van der Waals surface area contributed by atoms with Crippen molar-refractivity contribution in [3.63, 3.8) is 0 Å². The predicted octanol–water partition coefficient (Wildman–Crippen LogP) is 5.00. The lowest BCUT2D eigenvalue weighted by atomic mass is 9.95. The van der Waals surface area contributed by atoms with Crippen LogP contribution < -0.4 is 5.73 Å². The molecular formula is C19H12Cl2N4. The molecule has 1 heterocycles. The number of nitriles is 2. The third-order valence-corrected chi connectivity index (χ3v) is 4.81. The molecule has 1 aliphatic carbocycles. The average Bonchev–Trinajstić information content (AvgIpc) is 2.82. The molecular weight excluding hydrogens is 355 g/mol. The highest BCUT2D eigenvalue weighted by Gasteiger charge is 2.29. The first-order valence-electron chi connectivity index (χ1n) is 7.38. The van der Waals surface area contributed by atoms with E-state index < -0.39 is 0 Å². The zero-order valence-corrected chi connectivity index (χ0v) is 15.0. The predicted molar refractivity (Wildman–Crippen MR) is 101 cm³/mol. The van der Waals surface area contributed by atoms with Gasteiger partial charge in [0.1, 0.15) is 18.0 Å². The molecule has 1 aliphatic rings. The maximum Gasteiger partial charge on any atom is 0.142 e. The summed E-state index contributed by atoms with van der Waals surface area (Å²) >= 11 is 12.2. The molecule has 0 radical (unpaired) electrons. The molecule has 2 aromatic rings. The fourth-order valence-corrected chi connectivity index (χ4v) is 3.43. The number of allylic oxidation sites excluding steroid dienone is 3. The SMILES string of the molecule is CC1=C(C#N)c2nc(N)c(C#N)c(C)c2/C1=C\c1ccc(Cl)cc1Cl. The van der Waals surface area contributed by atoms with Gasteiger partial charge in [0, 0.05) is 15.6 Å². The molecule has 0 saturated heterocycles. The second-order valence-electron chi connectivity index (χ2n) is 5.67. The van der Waals surface area contributed by atoms with Gasteiger partial charge >= 0.3 is 0 Å². The number of halogens is 2. The summed E-state index contributed by atoms with van der Waals surface area (Å²) < 4.78 is 0. The van der Waals surface area contributed by atoms with Crippen LogP contribution in [0.3, 0.4) is 0 Å². The van der Waals surface area contributed by atoms with Crippen molar-refractivity contribution < 1.29 is 0 Å². The number of anilines is 1. The Bertz CT molecular complexity index is 1070. The third-order valence-electron chi connectivity index (χ3n) is 4.25. The van der Waals surface area contributed by atoms with Crippen molar-refractivity contribution in [3.8, 4) is 12.1 Å². The van der Waals surface area contributed by atoms with Crippen molar-refractivity contribution >= 4 is 46.2 Å². The topological polar surface area (TPSA) is 86.5 Å². The van der Waals surface area contributed by atoms with Gasteiger partial charge in [-0.3, -0.25) is 0 Å². The summed E-state index contributed by atoms with van der Waals surface area (Å²) in [5.74, 6) is 0.130. The molecule has 25 heavy (non-hydrogen) atoms. The van der Waals surface area contributed by atoms with E-state index in [0.29, 0.717) is 32.4 Å². The van der Waals surface area contributed by atoms with Crippen LogP contribution in [0.15, 0.2) is 23.8 Å². The Hall–Kier alpha value is -2.79. The molecule has 1 aromatic carbocycles. The quantitative estimate of drug-likeness (QED) is 0.768. The second-order valence-corrected chi connectivity index (χ2v) is 6.51. The number of aromatic nitrogens is 1. The van der Waals surface area contributed by atoms with Crippen LogP contribution in [0.2, 0.25) is 10.0 Å². The van der Waals surface area contributed by atoms with E-state index in [4.69, 9.17) is 28.9 Å². The van der Waals surface area contributed by atoms with Gasteiger partial charge in [0.25, 0.3) is 0 Å². The minimum atomic E-state index is 0.130. The molecule has 0 aliphatic heterocycles. The molecule has 2 N–H and O–H groups in total. The van der Waals surface area contributed by atoms with Gasteiger partial charge in [-0.2, -0.15) is 10.5 Å². The summed E-state index contributed by atoms with van der Waals surface area (Å²) in [4.78, 5) is 4.30. The number of hydrogen-bond acceptors (Lipinski definition) is 4. The van der Waals surface area contributed by atoms with Crippen molar-refractivity contribution in [1.29, 1.82) is 10.5 Å². The van der Waals surface area contributed by atoms with Crippen molar-refractivity contribution in [2.24, 2.45) is 0 Å². The van der Waals surface area contributed by atoms with E-state index in [0.717, 1.165) is 22.3 Å². The summed E-state index contributed by atoms with van der Waals surface area (Å²) in [5.41, 5.74) is 10.9. The number of nitrogen functional groups attached to an aromatic ring is 1. The fourth-order valence-electron chi connectivity index (χ4n) is 2.97. The first-order chi connectivity index (χ1) is 11.9. The third kappa shape index (κ3) is 2.66. The molecule has 4 nitrogen and oxygen atoms in total. The molecule has 3 rings (SSSR count). The Balaban J connectivity index is 2.34. The van der Waals surface area contributed by atoms with E-state index in [-0.39, 0.29) is 5.82 Å². The van der Waals surface area contributed by atoms with Crippen LogP contribution in [-0.2, 0) is 0 Å². The van der Waals surface area contributed by atoms with Gasteiger partial charge in [-0.25, -0.2) is 4.98 Å². The number of nitrogens with zero attached hydrogens (tertiary/aromatic N) is 3. The first kappa shape index (κ1) is 17.0. The van der Waals surface area contributed by atoms with Gasteiger partial charge in [0.15, 0.2) is 0 Å². The van der Waals surface area contributed by atoms with Gasteiger partial charge in [-0.15, -0.1) is 0 Å². The van der Waals surface area contributed by atoms with Crippen LogP contribution in [0.1, 0.15) is 34.9 Å². The van der Waals surface area contributed by atoms with Gasteiger partial charge in [0.2, 0.25) is 0 Å². The molecule has 0 atom stereocenters. The highest BCUT2D eigenvalue weighted by molar-refractivity contribution is 6.35. The van der Waals surface area contributed by atoms with Crippen molar-refractivity contribution in [2.75, 3.05) is 5.73 Å². The Morgan fingerprint density at radius 2 is 1.88 bits per heavy atom. The molecule has 0 fully saturated rings. The van der Waals surface area contributed by atoms with E-state index in [9.17, 15) is 10.5 Å². The smallest absolute Gasteiger partial charge is 0.142 e. The number of hydrogen-bond donors (Lipinski definition) is 1. The fraction of sp³-hybridized carbons (Fsp3) is 0.105. The minimum Gasteiger partial charge on any atom is -0.383 e. The van der Waals surface area contributed by atoms with E-state index in [2.05, 4.69) is 17.1 Å². The Labute approximate surface area is 155 Å². The van der Waals surface area contributed by atoms with Crippen LogP contribution >= 0.6 is 23.2 Å². The number of rotatable bonds is 1. The Morgan fingerprint density at radius 3 is 2.48 bits per heavy atom. The van der Waals surface area contributed by atoms with E-state index in [1.54, 1.807) is 25.1 Å². The number of benzene rings is 1. The standard InChI is InChI=1S/C19H12Cl2N4/c1-9-13(5-11-3-4-12(20)6-16(11)21)17-10(2)15(8-23)19(24)25-18(17)14(9)7-22/h3-6H,1-2H3,(H2,24,25)/b13-5-. The van der Waals surface area contributed by atoms with E-state index in [1.807, 2.05) is 13.0 Å². The van der Waals surface area contributed by atoms with Gasteiger partial charge in [0.05, 0.1) is 16.8 Å². The molecule has 122 valence electrons. The lowest BCUT2D eigenvalue weighted by Gasteiger charge is -2.11. The normalized spacial score (nSPS) is 14.4. The van der Waals surface area contributed by atoms with Gasteiger partial charge < -0.3 is 5.73 Å². The summed E-state index contributed by atoms with van der Waals surface area (Å²) in [6.45, 7) is 3.65. The Kier molecular flexibility index (Phi) is 4.27. The first-order valence-corrected chi connectivity index (χ1v) is 8.13. The molecule has 6 heteroatoms. The molecule has 1 aromatic heterocycles. The maximum absolute atomic E-state index is 9.54. The van der Waals surface area contributed by atoms with Crippen molar-refractivity contribution in [2.45, 2.75) is 13.8 Å². The second kappa shape index (κ2) is 6.26. The van der Waals surface area contributed by atoms with E-state index >= 15 is 0 Å². The Morgan fingerprint density at radius 1 is 1.16 bits per heavy atom. The van der Waals surface area contributed by atoms with Crippen LogP contribution in [-0.4, -0.2) is 4.98 Å². The zero-order valence-electron chi connectivity index (χ0n) is 13.5.